The van der Waals surface area contributed by atoms with Gasteiger partial charge >= 0.3 is 29.4 Å². The van der Waals surface area contributed by atoms with Crippen molar-refractivity contribution in [1.82, 2.24) is 30.2 Å². The number of benzene rings is 3. The number of imidazole rings is 1. The standard InChI is InChI=1S/C53H72N9O22P3S2/c1-7-55-38-24-40-36(21-31(38)3)46(37-22-32(4)39(56-8-2)25-41(37)81-40)34-10-9-33(23-35(34)51(66)67)49(64)57-12-14-76-16-18-78-20-19-77-17-15-75-13-11-44(63)58-28-53(5,6)89-88-30-79-42-26-45(62-29-59-47-48(62)60-52(54)61-50(47)65)82-43(42)27-80-86(71,72)84-87(73,74)83-85(68,69)70/h9-10,21-25,29,42-43,45,55H,7-8,11-20,26-28,30H2,1-6H3,(H,57,64)(H,58,63)(H,66,67)(H,71,72)(H,73,74)(H2,68,69,70)(H3,54,60,61,65)/b56-39-/t42-,43-,45-/m1/s1. The van der Waals surface area contributed by atoms with Gasteiger partial charge in [-0.1, -0.05) is 27.7 Å². The third-order valence-electron chi connectivity index (χ3n) is 13.1. The summed E-state index contributed by atoms with van der Waals surface area (Å²) >= 11 is 0. The molecule has 1 aliphatic carbocycles. The van der Waals surface area contributed by atoms with Gasteiger partial charge in [-0.25, -0.2) is 23.5 Å². The number of nitrogens with zero attached hydrogens (tertiary/aromatic N) is 4. The van der Waals surface area contributed by atoms with Gasteiger partial charge in [0.15, 0.2) is 11.2 Å². The number of ether oxygens (including phenoxy) is 6. The Hall–Kier alpha value is -5.64. The molecule has 0 saturated carbocycles. The Morgan fingerprint density at radius 2 is 1.58 bits per heavy atom. The van der Waals surface area contributed by atoms with E-state index >= 15 is 0 Å². The third-order valence-corrected chi connectivity index (χ3v) is 19.8. The van der Waals surface area contributed by atoms with Gasteiger partial charge in [-0.3, -0.25) is 33.5 Å². The van der Waals surface area contributed by atoms with Crippen molar-refractivity contribution in [3.8, 4) is 22.5 Å². The van der Waals surface area contributed by atoms with Gasteiger partial charge in [-0.15, -0.1) is 0 Å². The molecule has 2 aromatic carbocycles. The predicted octanol–water partition coefficient (Wildman–Crippen LogP) is 6.02. The molecule has 2 amide bonds. The first-order chi connectivity index (χ1) is 42.2. The molecule has 31 nitrogen and oxygen atoms in total. The number of nitrogen functional groups attached to an aromatic ring is 1. The quantitative estimate of drug-likeness (QED) is 0.00706. The number of carbonyl (C=O) groups excluding carboxylic acids is 2. The van der Waals surface area contributed by atoms with E-state index in [-0.39, 0.29) is 119 Å². The van der Waals surface area contributed by atoms with Crippen LogP contribution in [-0.2, 0) is 60.1 Å². The molecule has 1 fully saturated rings. The second-order valence-electron chi connectivity index (χ2n) is 20.4. The molecule has 488 valence electrons. The summed E-state index contributed by atoms with van der Waals surface area (Å²) in [6, 6.07) is 12.4. The summed E-state index contributed by atoms with van der Waals surface area (Å²) in [4.78, 5) is 104. The number of aromatic carboxylic acids is 1. The highest BCUT2D eigenvalue weighted by atomic mass is 33.1. The molecule has 0 radical (unpaired) electrons. The number of carboxylic acid groups (broad SMARTS) is 1. The Kier molecular flexibility index (Phi) is 25.5. The number of nitrogens with two attached hydrogens (primary N) is 1. The lowest BCUT2D eigenvalue weighted by atomic mass is 9.88. The maximum absolute atomic E-state index is 13.3. The molecular weight excluding hydrogens is 1270 g/mol. The first-order valence-corrected chi connectivity index (χ1v) is 34.6. The number of amides is 2. The highest BCUT2D eigenvalue weighted by molar-refractivity contribution is 8.77. The van der Waals surface area contributed by atoms with Crippen LogP contribution in [0.25, 0.3) is 44.6 Å². The number of phosphoric ester groups is 1. The van der Waals surface area contributed by atoms with Crippen LogP contribution in [0.15, 0.2) is 63.0 Å². The topological polar surface area (TPSA) is 438 Å². The number of anilines is 2. The molecule has 7 rings (SSSR count). The highest BCUT2D eigenvalue weighted by Crippen LogP contribution is 2.66. The van der Waals surface area contributed by atoms with Gasteiger partial charge in [-0.2, -0.15) is 13.6 Å². The molecule has 2 aliphatic heterocycles. The van der Waals surface area contributed by atoms with Gasteiger partial charge in [-0.05, 0) is 82.5 Å². The number of carbonyl (C=O) groups is 3. The molecule has 89 heavy (non-hydrogen) atoms. The molecule has 2 unspecified atom stereocenters. The van der Waals surface area contributed by atoms with Crippen LogP contribution < -0.4 is 32.6 Å². The largest absolute Gasteiger partial charge is 0.490 e. The van der Waals surface area contributed by atoms with Crippen molar-refractivity contribution in [2.45, 2.75) is 77.6 Å². The summed E-state index contributed by atoms with van der Waals surface area (Å²) in [5.74, 6) is -1.55. The first-order valence-electron chi connectivity index (χ1n) is 27.7. The minimum atomic E-state index is -5.79. The van der Waals surface area contributed by atoms with Crippen molar-refractivity contribution in [1.29, 1.82) is 0 Å². The number of rotatable bonds is 36. The molecule has 3 aliphatic rings. The summed E-state index contributed by atoms with van der Waals surface area (Å²) in [6.45, 7) is 14.5. The monoisotopic (exact) mass is 1340 g/mol. The number of aromatic amines is 1. The zero-order valence-electron chi connectivity index (χ0n) is 49.4. The van der Waals surface area contributed by atoms with Crippen LogP contribution in [0.3, 0.4) is 0 Å². The number of H-pyrrole nitrogens is 1. The molecule has 4 heterocycles. The number of phosphoric acid groups is 3. The lowest BCUT2D eigenvalue weighted by Crippen LogP contribution is -2.36. The Morgan fingerprint density at radius 1 is 0.888 bits per heavy atom. The molecule has 36 heteroatoms. The van der Waals surface area contributed by atoms with Crippen molar-refractivity contribution in [2.75, 3.05) is 103 Å². The van der Waals surface area contributed by atoms with Crippen molar-refractivity contribution in [3.63, 3.8) is 0 Å². The Balaban J connectivity index is 0.752. The molecule has 5 atom stereocenters. The molecule has 4 aromatic rings. The molecule has 0 spiro atoms. The molecular formula is C53H72N9O22P3S2. The fraction of sp³-hybridized carbons (Fsp3) is 0.491. The van der Waals surface area contributed by atoms with Crippen LogP contribution in [0.2, 0.25) is 0 Å². The predicted molar refractivity (Wildman–Crippen MR) is 328 cm³/mol. The maximum Gasteiger partial charge on any atom is 0.490 e. The minimum absolute atomic E-state index is 0.00421. The van der Waals surface area contributed by atoms with E-state index in [1.807, 2.05) is 65.8 Å². The van der Waals surface area contributed by atoms with Gasteiger partial charge in [0.2, 0.25) is 11.9 Å². The molecule has 2 aromatic heterocycles. The Labute approximate surface area is 517 Å². The number of aromatic nitrogens is 4. The van der Waals surface area contributed by atoms with E-state index < -0.39 is 70.7 Å². The third kappa shape index (κ3) is 20.7. The fourth-order valence-electron chi connectivity index (χ4n) is 9.10. The first kappa shape index (κ1) is 70.8. The zero-order chi connectivity index (χ0) is 64.7. The van der Waals surface area contributed by atoms with Gasteiger partial charge in [0.25, 0.3) is 11.5 Å². The van der Waals surface area contributed by atoms with E-state index in [4.69, 9.17) is 52.9 Å². The summed E-state index contributed by atoms with van der Waals surface area (Å²) in [6.07, 6.45) is -1.66. The summed E-state index contributed by atoms with van der Waals surface area (Å²) in [7, 11) is -14.3. The van der Waals surface area contributed by atoms with E-state index in [0.717, 1.165) is 33.1 Å². The molecule has 11 N–H and O–H groups in total. The minimum Gasteiger partial charge on any atom is -0.478 e. The van der Waals surface area contributed by atoms with Gasteiger partial charge < -0.3 is 79.2 Å². The summed E-state index contributed by atoms with van der Waals surface area (Å²) < 4.78 is 89.5. The average molecular weight is 1340 g/mol. The SMILES string of the molecule is CC/N=c1/cc2oc3cc(NCC)c(C)cc3c(-c3ccc(C(=O)NCCOCCOCCOCCOCCC(=O)NCC(C)(C)SSCO[C@@H]4C[C@H](n5cnc6c(=O)[nH]c(N)nc65)O[C@@H]4COP(=O)(O)OP(=O)(O)OP(=O)(O)O)cc3C(=O)O)c-2cc1C. The van der Waals surface area contributed by atoms with Crippen LogP contribution in [0, 0.1) is 13.8 Å². The van der Waals surface area contributed by atoms with Crippen LogP contribution in [0.5, 0.6) is 0 Å². The maximum atomic E-state index is 13.3. The second-order valence-corrected chi connectivity index (χ2v) is 27.8. The van der Waals surface area contributed by atoms with Crippen molar-refractivity contribution in [3.05, 3.63) is 86.8 Å². The van der Waals surface area contributed by atoms with Gasteiger partial charge in [0.1, 0.15) is 29.6 Å². The number of nitrogens with one attached hydrogen (secondary N) is 4. The lowest BCUT2D eigenvalue weighted by molar-refractivity contribution is -0.122. The van der Waals surface area contributed by atoms with E-state index in [1.54, 1.807) is 12.1 Å². The Morgan fingerprint density at radius 3 is 2.26 bits per heavy atom. The van der Waals surface area contributed by atoms with Crippen molar-refractivity contribution in [2.24, 2.45) is 4.99 Å². The lowest BCUT2D eigenvalue weighted by Gasteiger charge is -2.24. The number of hydrogen-bond donors (Lipinski definition) is 10. The number of hydrogen-bond acceptors (Lipinski definition) is 24. The summed E-state index contributed by atoms with van der Waals surface area (Å²) in [5, 5.41) is 21.1. The Bertz CT molecular complexity index is 3720. The van der Waals surface area contributed by atoms with Crippen molar-refractivity contribution >= 4 is 96.6 Å². The number of fused-ring (bicyclic) bond motifs is 3. The molecule has 1 saturated heterocycles. The van der Waals surface area contributed by atoms with E-state index in [0.29, 0.717) is 35.6 Å². The van der Waals surface area contributed by atoms with Gasteiger partial charge in [0, 0.05) is 83.7 Å². The van der Waals surface area contributed by atoms with Crippen LogP contribution in [0.4, 0.5) is 11.6 Å². The van der Waals surface area contributed by atoms with E-state index in [2.05, 4.69) is 44.5 Å². The fourth-order valence-corrected chi connectivity index (χ4v) is 14.3. The summed E-state index contributed by atoms with van der Waals surface area (Å²) in [5.41, 5.74) is 10.4. The van der Waals surface area contributed by atoms with Crippen molar-refractivity contribution < 1.29 is 98.7 Å². The van der Waals surface area contributed by atoms with Crippen LogP contribution >= 0.6 is 45.1 Å². The molecule has 0 bridgehead atoms. The number of carboxylic acids is 1. The smallest absolute Gasteiger partial charge is 0.478 e. The zero-order valence-corrected chi connectivity index (χ0v) is 53.7. The highest BCUT2D eigenvalue weighted by Gasteiger charge is 2.44. The number of aryl methyl sites for hydroxylation is 2. The van der Waals surface area contributed by atoms with E-state index in [9.17, 15) is 47.8 Å². The van der Waals surface area contributed by atoms with Crippen LogP contribution in [-0.4, -0.2) is 171 Å². The van der Waals surface area contributed by atoms with Gasteiger partial charge in [0.05, 0.1) is 82.8 Å². The van der Waals surface area contributed by atoms with Crippen LogP contribution in [0.1, 0.15) is 78.6 Å². The second kappa shape index (κ2) is 32.1. The average Bonchev–Trinajstić information content (AvgIpc) is 1.77. The van der Waals surface area contributed by atoms with E-state index in [1.165, 1.54) is 38.5 Å². The normalized spacial score (nSPS) is 17.1.